The van der Waals surface area contributed by atoms with Gasteiger partial charge in [0, 0.05) is 17.1 Å². The molecule has 0 radical (unpaired) electrons. The lowest BCUT2D eigenvalue weighted by Gasteiger charge is -2.12. The first-order chi connectivity index (χ1) is 13.6. The molecule has 0 aliphatic rings. The third-order valence-electron chi connectivity index (χ3n) is 4.02. The number of halogens is 1. The molecule has 0 spiro atoms. The Balaban J connectivity index is 2.14. The molecule has 0 atom stereocenters. The number of unbranched alkanes of at least 4 members (excludes halogenated alkanes) is 1. The Labute approximate surface area is 170 Å². The maximum Gasteiger partial charge on any atom is 0.261 e. The highest BCUT2D eigenvalue weighted by Gasteiger charge is 2.11. The predicted octanol–water partition coefficient (Wildman–Crippen LogP) is 4.75. The van der Waals surface area contributed by atoms with E-state index in [0.29, 0.717) is 35.2 Å². The first-order valence-electron chi connectivity index (χ1n) is 9.03. The molecule has 0 saturated carbocycles. The molecule has 1 N–H and O–H groups in total. The Kier molecular flexibility index (Phi) is 8.38. The Morgan fingerprint density at radius 1 is 1.25 bits per heavy atom. The van der Waals surface area contributed by atoms with Crippen molar-refractivity contribution >= 4 is 23.6 Å². The molecule has 2 rings (SSSR count). The fourth-order valence-electron chi connectivity index (χ4n) is 2.45. The van der Waals surface area contributed by atoms with Crippen LogP contribution in [0.3, 0.4) is 0 Å². The molecule has 1 amide bonds. The summed E-state index contributed by atoms with van der Waals surface area (Å²) in [5.74, 6) is 0.670. The quantitative estimate of drug-likeness (QED) is 0.376. The molecular weight excluding hydrogens is 376 g/mol. The van der Waals surface area contributed by atoms with Gasteiger partial charge in [0.1, 0.15) is 18.2 Å². The van der Waals surface area contributed by atoms with Crippen molar-refractivity contribution in [1.82, 2.24) is 5.32 Å². The fraction of sp³-hybridized carbons (Fsp3) is 0.273. The zero-order valence-corrected chi connectivity index (χ0v) is 16.8. The first-order valence-corrected chi connectivity index (χ1v) is 9.41. The lowest BCUT2D eigenvalue weighted by atomic mass is 10.1. The second-order valence-corrected chi connectivity index (χ2v) is 6.48. The molecule has 0 bridgehead atoms. The Hall–Kier alpha value is -2.97. The van der Waals surface area contributed by atoms with E-state index in [1.165, 1.54) is 13.2 Å². The average molecular weight is 399 g/mol. The lowest BCUT2D eigenvalue weighted by molar-refractivity contribution is -0.117. The first kappa shape index (κ1) is 21.3. The molecule has 146 valence electrons. The monoisotopic (exact) mass is 398 g/mol. The van der Waals surface area contributed by atoms with E-state index in [1.807, 2.05) is 31.2 Å². The number of methoxy groups -OCH3 is 1. The van der Waals surface area contributed by atoms with Gasteiger partial charge in [0.15, 0.2) is 11.5 Å². The normalized spacial score (nSPS) is 10.9. The van der Waals surface area contributed by atoms with Crippen LogP contribution in [0.15, 0.2) is 48.0 Å². The number of hydrogen-bond acceptors (Lipinski definition) is 4. The third-order valence-corrected chi connectivity index (χ3v) is 4.39. The number of ether oxygens (including phenoxy) is 2. The molecular formula is C22H23ClN2O3. The number of carbonyl (C=O) groups is 1. The number of carbonyl (C=O) groups excluding carboxylic acids is 1. The van der Waals surface area contributed by atoms with Crippen LogP contribution < -0.4 is 14.8 Å². The highest BCUT2D eigenvalue weighted by atomic mass is 35.5. The van der Waals surface area contributed by atoms with Gasteiger partial charge < -0.3 is 14.8 Å². The van der Waals surface area contributed by atoms with Gasteiger partial charge >= 0.3 is 0 Å². The van der Waals surface area contributed by atoms with Gasteiger partial charge in [0.25, 0.3) is 5.91 Å². The van der Waals surface area contributed by atoms with Crippen LogP contribution in [0.5, 0.6) is 11.5 Å². The molecule has 0 aromatic heterocycles. The summed E-state index contributed by atoms with van der Waals surface area (Å²) in [7, 11) is 1.54. The van der Waals surface area contributed by atoms with Crippen LogP contribution in [-0.2, 0) is 11.4 Å². The minimum absolute atomic E-state index is 0.0443. The summed E-state index contributed by atoms with van der Waals surface area (Å²) >= 11 is 6.15. The van der Waals surface area contributed by atoms with Gasteiger partial charge in [-0.15, -0.1) is 0 Å². The van der Waals surface area contributed by atoms with Crippen molar-refractivity contribution in [3.8, 4) is 17.6 Å². The van der Waals surface area contributed by atoms with Gasteiger partial charge in [-0.2, -0.15) is 5.26 Å². The zero-order valence-electron chi connectivity index (χ0n) is 16.0. The van der Waals surface area contributed by atoms with Gasteiger partial charge in [0.05, 0.1) is 7.11 Å². The van der Waals surface area contributed by atoms with Crippen molar-refractivity contribution in [2.45, 2.75) is 26.4 Å². The van der Waals surface area contributed by atoms with E-state index in [0.717, 1.165) is 18.4 Å². The number of amides is 1. The van der Waals surface area contributed by atoms with Crippen molar-refractivity contribution in [3.63, 3.8) is 0 Å². The van der Waals surface area contributed by atoms with E-state index in [9.17, 15) is 10.1 Å². The van der Waals surface area contributed by atoms with Crippen LogP contribution in [-0.4, -0.2) is 19.6 Å². The molecule has 2 aromatic carbocycles. The Morgan fingerprint density at radius 2 is 2.04 bits per heavy atom. The van der Waals surface area contributed by atoms with Crippen LogP contribution in [0, 0.1) is 11.3 Å². The van der Waals surface area contributed by atoms with Gasteiger partial charge in [-0.1, -0.05) is 49.2 Å². The highest BCUT2D eigenvalue weighted by Crippen LogP contribution is 2.30. The largest absolute Gasteiger partial charge is 0.493 e. The smallest absolute Gasteiger partial charge is 0.261 e. The molecule has 6 heteroatoms. The number of hydrogen-bond donors (Lipinski definition) is 1. The van der Waals surface area contributed by atoms with Crippen molar-refractivity contribution in [3.05, 3.63) is 64.2 Å². The maximum absolute atomic E-state index is 12.1. The van der Waals surface area contributed by atoms with Crippen LogP contribution in [0.1, 0.15) is 30.9 Å². The number of rotatable bonds is 9. The molecule has 0 aliphatic carbocycles. The van der Waals surface area contributed by atoms with Gasteiger partial charge in [0.2, 0.25) is 0 Å². The van der Waals surface area contributed by atoms with Crippen molar-refractivity contribution in [2.24, 2.45) is 0 Å². The minimum Gasteiger partial charge on any atom is -0.493 e. The van der Waals surface area contributed by atoms with Gasteiger partial charge in [-0.25, -0.2) is 0 Å². The lowest BCUT2D eigenvalue weighted by Crippen LogP contribution is -2.25. The SMILES string of the molecule is CCCCNC(=O)/C(C#N)=C/c1ccc(OCc2ccccc2Cl)c(OC)c1. The third kappa shape index (κ3) is 6.04. The fourth-order valence-corrected chi connectivity index (χ4v) is 2.64. The summed E-state index contributed by atoms with van der Waals surface area (Å²) in [4.78, 5) is 12.1. The molecule has 5 nitrogen and oxygen atoms in total. The molecule has 0 saturated heterocycles. The maximum atomic E-state index is 12.1. The van der Waals surface area contributed by atoms with Crippen molar-refractivity contribution < 1.29 is 14.3 Å². The summed E-state index contributed by atoms with van der Waals surface area (Å²) in [6.45, 7) is 2.88. The van der Waals surface area contributed by atoms with E-state index in [1.54, 1.807) is 24.3 Å². The summed E-state index contributed by atoms with van der Waals surface area (Å²) < 4.78 is 11.2. The molecule has 0 aliphatic heterocycles. The highest BCUT2D eigenvalue weighted by molar-refractivity contribution is 6.31. The summed E-state index contributed by atoms with van der Waals surface area (Å²) in [6, 6.07) is 14.6. The number of nitrogens with zero attached hydrogens (tertiary/aromatic N) is 1. The summed E-state index contributed by atoms with van der Waals surface area (Å²) in [5, 5.41) is 12.7. The number of benzene rings is 2. The van der Waals surface area contributed by atoms with Crippen LogP contribution >= 0.6 is 11.6 Å². The van der Waals surface area contributed by atoms with Crippen LogP contribution in [0.2, 0.25) is 5.02 Å². The second kappa shape index (κ2) is 11.0. The molecule has 0 fully saturated rings. The topological polar surface area (TPSA) is 71.4 Å². The number of nitriles is 1. The average Bonchev–Trinajstić information content (AvgIpc) is 2.71. The van der Waals surface area contributed by atoms with Crippen LogP contribution in [0.25, 0.3) is 6.08 Å². The molecule has 0 unspecified atom stereocenters. The molecule has 28 heavy (non-hydrogen) atoms. The van der Waals surface area contributed by atoms with Gasteiger partial charge in [-0.05, 0) is 36.3 Å². The summed E-state index contributed by atoms with van der Waals surface area (Å²) in [6.07, 6.45) is 3.37. The van der Waals surface area contributed by atoms with E-state index in [-0.39, 0.29) is 11.5 Å². The van der Waals surface area contributed by atoms with Gasteiger partial charge in [-0.3, -0.25) is 4.79 Å². The van der Waals surface area contributed by atoms with E-state index < -0.39 is 0 Å². The van der Waals surface area contributed by atoms with E-state index >= 15 is 0 Å². The molecule has 2 aromatic rings. The van der Waals surface area contributed by atoms with E-state index in [2.05, 4.69) is 5.32 Å². The van der Waals surface area contributed by atoms with E-state index in [4.69, 9.17) is 21.1 Å². The predicted molar refractivity (Wildman–Crippen MR) is 110 cm³/mol. The number of nitrogens with one attached hydrogen (secondary N) is 1. The van der Waals surface area contributed by atoms with Crippen molar-refractivity contribution in [2.75, 3.05) is 13.7 Å². The van der Waals surface area contributed by atoms with Crippen molar-refractivity contribution in [1.29, 1.82) is 5.26 Å². The second-order valence-electron chi connectivity index (χ2n) is 6.07. The minimum atomic E-state index is -0.381. The zero-order chi connectivity index (χ0) is 20.4. The van der Waals surface area contributed by atoms with Crippen LogP contribution in [0.4, 0.5) is 0 Å². The molecule has 0 heterocycles. The Bertz CT molecular complexity index is 888. The summed E-state index contributed by atoms with van der Waals surface area (Å²) in [5.41, 5.74) is 1.58. The standard InChI is InChI=1S/C22H23ClN2O3/c1-3-4-11-25-22(26)18(14-24)12-16-9-10-20(21(13-16)27-2)28-15-17-7-5-6-8-19(17)23/h5-10,12-13H,3-4,11,15H2,1-2H3,(H,25,26)/b18-12+. The Morgan fingerprint density at radius 3 is 2.71 bits per heavy atom.